The van der Waals surface area contributed by atoms with Crippen LogP contribution in [0.15, 0.2) is 36.5 Å². The van der Waals surface area contributed by atoms with Gasteiger partial charge in [0.25, 0.3) is 0 Å². The summed E-state index contributed by atoms with van der Waals surface area (Å²) in [4.78, 5) is 34.2. The number of para-hydroxylation sites is 1. The van der Waals surface area contributed by atoms with E-state index in [1.807, 2.05) is 34.2 Å². The maximum Gasteiger partial charge on any atom is 0.228 e. The summed E-state index contributed by atoms with van der Waals surface area (Å²) in [5.41, 5.74) is 2.10. The van der Waals surface area contributed by atoms with Gasteiger partial charge in [-0.25, -0.2) is 0 Å². The van der Waals surface area contributed by atoms with E-state index in [0.29, 0.717) is 19.0 Å². The van der Waals surface area contributed by atoms with Crippen molar-refractivity contribution in [3.05, 3.63) is 42.1 Å². The minimum absolute atomic E-state index is 0.0773. The molecule has 1 aliphatic carbocycles. The first-order valence-electron chi connectivity index (χ1n) is 10.2. The van der Waals surface area contributed by atoms with Gasteiger partial charge in [0.1, 0.15) is 0 Å². The first kappa shape index (κ1) is 16.7. The van der Waals surface area contributed by atoms with E-state index in [2.05, 4.69) is 17.1 Å². The number of carbonyl (C=O) groups excluding carboxylic acids is 2. The lowest BCUT2D eigenvalue weighted by atomic mass is 9.93. The molecule has 0 N–H and O–H groups in total. The van der Waals surface area contributed by atoms with Gasteiger partial charge in [-0.1, -0.05) is 18.2 Å². The van der Waals surface area contributed by atoms with Gasteiger partial charge in [0, 0.05) is 37.1 Å². The van der Waals surface area contributed by atoms with Crippen LogP contribution in [-0.4, -0.2) is 45.7 Å². The zero-order chi connectivity index (χ0) is 18.4. The topological polar surface area (TPSA) is 53.5 Å². The van der Waals surface area contributed by atoms with E-state index in [1.54, 1.807) is 0 Å². The van der Waals surface area contributed by atoms with E-state index < -0.39 is 0 Å². The fourth-order valence-corrected chi connectivity index (χ4v) is 4.68. The molecule has 2 atom stereocenters. The fourth-order valence-electron chi connectivity index (χ4n) is 4.68. The largest absolute Gasteiger partial charge is 0.339 e. The third-order valence-corrected chi connectivity index (χ3v) is 6.28. The highest BCUT2D eigenvalue weighted by atomic mass is 16.2. The van der Waals surface area contributed by atoms with Crippen LogP contribution in [0.25, 0.3) is 10.9 Å². The van der Waals surface area contributed by atoms with Crippen molar-refractivity contribution >= 4 is 22.7 Å². The zero-order valence-corrected chi connectivity index (χ0v) is 15.5. The normalized spacial score (nSPS) is 26.0. The number of carbonyl (C=O) groups is 2. The fraction of sp³-hybridized carbons (Fsp3) is 0.500. The number of hydrogen-bond donors (Lipinski definition) is 0. The van der Waals surface area contributed by atoms with Crippen LogP contribution in [0.4, 0.5) is 0 Å². The van der Waals surface area contributed by atoms with Gasteiger partial charge in [-0.3, -0.25) is 14.6 Å². The monoisotopic (exact) mass is 363 g/mol. The van der Waals surface area contributed by atoms with Crippen molar-refractivity contribution in [2.45, 2.75) is 50.6 Å². The number of amides is 2. The molecule has 27 heavy (non-hydrogen) atoms. The van der Waals surface area contributed by atoms with Gasteiger partial charge < -0.3 is 9.80 Å². The van der Waals surface area contributed by atoms with Crippen LogP contribution < -0.4 is 0 Å². The van der Waals surface area contributed by atoms with E-state index in [4.69, 9.17) is 0 Å². The van der Waals surface area contributed by atoms with Crippen LogP contribution in [0, 0.1) is 5.92 Å². The Labute approximate surface area is 159 Å². The number of benzene rings is 1. The maximum atomic E-state index is 13.3. The average Bonchev–Trinajstić information content (AvgIpc) is 3.48. The summed E-state index contributed by atoms with van der Waals surface area (Å²) in [5, 5.41) is 1.11. The molecule has 5 rings (SSSR count). The predicted molar refractivity (Wildman–Crippen MR) is 103 cm³/mol. The molecule has 5 heteroatoms. The molecule has 5 nitrogen and oxygen atoms in total. The Morgan fingerprint density at radius 3 is 2.81 bits per heavy atom. The second kappa shape index (κ2) is 6.63. The molecule has 1 saturated carbocycles. The minimum Gasteiger partial charge on any atom is -0.339 e. The molecule has 0 bridgehead atoms. The Kier molecular flexibility index (Phi) is 4.10. The summed E-state index contributed by atoms with van der Waals surface area (Å²) < 4.78 is 0. The first-order valence-corrected chi connectivity index (χ1v) is 10.2. The van der Waals surface area contributed by atoms with Crippen LogP contribution in [0.5, 0.6) is 0 Å². The molecule has 2 amide bonds. The minimum atomic E-state index is -0.174. The van der Waals surface area contributed by atoms with Crippen LogP contribution in [-0.2, 0) is 9.59 Å². The molecule has 0 spiro atoms. The molecular weight excluding hydrogens is 338 g/mol. The smallest absolute Gasteiger partial charge is 0.228 e. The number of fused-ring (bicyclic) bond motifs is 1. The number of pyridine rings is 1. The highest BCUT2D eigenvalue weighted by molar-refractivity contribution is 5.90. The van der Waals surface area contributed by atoms with Gasteiger partial charge in [-0.15, -0.1) is 0 Å². The molecule has 3 fully saturated rings. The van der Waals surface area contributed by atoms with Gasteiger partial charge in [0.2, 0.25) is 11.8 Å². The Bertz CT molecular complexity index is 892. The number of aromatic nitrogens is 1. The molecule has 3 heterocycles. The van der Waals surface area contributed by atoms with E-state index in [0.717, 1.165) is 55.1 Å². The molecule has 2 saturated heterocycles. The zero-order valence-electron chi connectivity index (χ0n) is 15.5. The van der Waals surface area contributed by atoms with Gasteiger partial charge in [-0.2, -0.15) is 0 Å². The Hall–Kier alpha value is -2.43. The quantitative estimate of drug-likeness (QED) is 0.841. The summed E-state index contributed by atoms with van der Waals surface area (Å²) >= 11 is 0. The summed E-state index contributed by atoms with van der Waals surface area (Å²) in [6, 6.07) is 10.8. The Balaban J connectivity index is 1.39. The summed E-state index contributed by atoms with van der Waals surface area (Å²) in [6.45, 7) is 1.39. The van der Waals surface area contributed by atoms with Crippen LogP contribution in [0.1, 0.15) is 50.1 Å². The lowest BCUT2D eigenvalue weighted by Gasteiger charge is -2.37. The number of piperidine rings is 1. The third kappa shape index (κ3) is 3.09. The molecule has 2 aromatic rings. The SMILES string of the molecule is O=C1CC(C(=O)N2CCCCC2c2cnc3ccccc3c2)CN1C1CC1. The molecule has 1 aromatic heterocycles. The molecule has 2 aliphatic heterocycles. The van der Waals surface area contributed by atoms with E-state index >= 15 is 0 Å². The van der Waals surface area contributed by atoms with Crippen molar-refractivity contribution in [3.63, 3.8) is 0 Å². The number of rotatable bonds is 3. The van der Waals surface area contributed by atoms with Crippen molar-refractivity contribution in [2.24, 2.45) is 5.92 Å². The average molecular weight is 363 g/mol. The van der Waals surface area contributed by atoms with Crippen molar-refractivity contribution in [2.75, 3.05) is 13.1 Å². The van der Waals surface area contributed by atoms with Crippen molar-refractivity contribution in [3.8, 4) is 0 Å². The Morgan fingerprint density at radius 2 is 1.96 bits per heavy atom. The van der Waals surface area contributed by atoms with Crippen molar-refractivity contribution in [1.29, 1.82) is 0 Å². The number of hydrogen-bond acceptors (Lipinski definition) is 3. The van der Waals surface area contributed by atoms with Crippen LogP contribution in [0.2, 0.25) is 0 Å². The molecule has 0 radical (unpaired) electrons. The molecule has 140 valence electrons. The van der Waals surface area contributed by atoms with E-state index in [1.165, 1.54) is 0 Å². The molecule has 3 aliphatic rings. The summed E-state index contributed by atoms with van der Waals surface area (Å²) in [5.74, 6) is 0.147. The van der Waals surface area contributed by atoms with Gasteiger partial charge in [0.15, 0.2) is 0 Å². The maximum absolute atomic E-state index is 13.3. The second-order valence-corrected chi connectivity index (χ2v) is 8.18. The van der Waals surface area contributed by atoms with Gasteiger partial charge >= 0.3 is 0 Å². The van der Waals surface area contributed by atoms with Crippen LogP contribution >= 0.6 is 0 Å². The lowest BCUT2D eigenvalue weighted by molar-refractivity contribution is -0.139. The number of nitrogens with zero attached hydrogens (tertiary/aromatic N) is 3. The van der Waals surface area contributed by atoms with E-state index in [-0.39, 0.29) is 23.8 Å². The predicted octanol–water partition coefficient (Wildman–Crippen LogP) is 3.30. The molecule has 1 aromatic carbocycles. The highest BCUT2D eigenvalue weighted by Crippen LogP contribution is 2.37. The van der Waals surface area contributed by atoms with Crippen LogP contribution in [0.3, 0.4) is 0 Å². The van der Waals surface area contributed by atoms with Gasteiger partial charge in [-0.05, 0) is 49.8 Å². The second-order valence-electron chi connectivity index (χ2n) is 8.18. The van der Waals surface area contributed by atoms with E-state index in [9.17, 15) is 9.59 Å². The summed E-state index contributed by atoms with van der Waals surface area (Å²) in [7, 11) is 0. The third-order valence-electron chi connectivity index (χ3n) is 6.28. The summed E-state index contributed by atoms with van der Waals surface area (Å²) in [6.07, 6.45) is 7.64. The lowest BCUT2D eigenvalue weighted by Crippen LogP contribution is -2.42. The van der Waals surface area contributed by atoms with Crippen molar-refractivity contribution in [1.82, 2.24) is 14.8 Å². The molecule has 2 unspecified atom stereocenters. The first-order chi connectivity index (χ1) is 13.2. The highest BCUT2D eigenvalue weighted by Gasteiger charge is 2.44. The number of likely N-dealkylation sites (tertiary alicyclic amines) is 2. The van der Waals surface area contributed by atoms with Gasteiger partial charge in [0.05, 0.1) is 17.5 Å². The standard InChI is InChI=1S/C22H25N3O2/c26-21-12-17(14-25(21)18-8-9-18)22(27)24-10-4-3-7-20(24)16-11-15-5-1-2-6-19(15)23-13-16/h1-2,5-6,11,13,17-18,20H,3-4,7-10,12,14H2. The molecular formula is C22H25N3O2. The van der Waals surface area contributed by atoms with Crippen molar-refractivity contribution < 1.29 is 9.59 Å². The Morgan fingerprint density at radius 1 is 1.11 bits per heavy atom.